The molecule has 120 valence electrons. The van der Waals surface area contributed by atoms with Crippen LogP contribution in [0, 0.1) is 5.92 Å². The summed E-state index contributed by atoms with van der Waals surface area (Å²) >= 11 is 0. The van der Waals surface area contributed by atoms with Crippen LogP contribution in [0.25, 0.3) is 0 Å². The average Bonchev–Trinajstić information content (AvgIpc) is 2.49. The molecule has 1 rings (SSSR count). The second kappa shape index (κ2) is 11.5. The summed E-state index contributed by atoms with van der Waals surface area (Å²) in [6, 6.07) is 0.537. The summed E-state index contributed by atoms with van der Waals surface area (Å²) in [5.74, 6) is 0.756. The first-order valence-electron chi connectivity index (χ1n) is 7.92. The molecule has 0 saturated carbocycles. The summed E-state index contributed by atoms with van der Waals surface area (Å²) < 4.78 is 15.9. The summed E-state index contributed by atoms with van der Waals surface area (Å²) in [6.07, 6.45) is 3.84. The maximum absolute atomic E-state index is 5.94. The summed E-state index contributed by atoms with van der Waals surface area (Å²) in [6.45, 7) is 8.51. The van der Waals surface area contributed by atoms with Gasteiger partial charge in [-0.2, -0.15) is 0 Å². The van der Waals surface area contributed by atoms with Gasteiger partial charge >= 0.3 is 0 Å². The van der Waals surface area contributed by atoms with Gasteiger partial charge in [0.2, 0.25) is 0 Å². The van der Waals surface area contributed by atoms with Crippen LogP contribution in [0.15, 0.2) is 0 Å². The number of nitrogens with two attached hydrogens (primary N) is 1. The molecule has 0 aromatic heterocycles. The number of methoxy groups -OCH3 is 1. The van der Waals surface area contributed by atoms with Gasteiger partial charge in [0.05, 0.1) is 33.0 Å². The van der Waals surface area contributed by atoms with Gasteiger partial charge in [0, 0.05) is 26.2 Å². The Morgan fingerprint density at radius 3 is 2.45 bits per heavy atom. The fraction of sp³-hybridized carbons (Fsp3) is 1.00. The van der Waals surface area contributed by atoms with Crippen LogP contribution in [0.1, 0.15) is 26.2 Å². The zero-order valence-electron chi connectivity index (χ0n) is 13.2. The molecule has 2 unspecified atom stereocenters. The topological polar surface area (TPSA) is 57.0 Å². The highest BCUT2D eigenvalue weighted by Gasteiger charge is 2.28. The van der Waals surface area contributed by atoms with Crippen LogP contribution in [0.3, 0.4) is 0 Å². The van der Waals surface area contributed by atoms with E-state index in [1.54, 1.807) is 7.11 Å². The largest absolute Gasteiger partial charge is 0.382 e. The van der Waals surface area contributed by atoms with E-state index in [0.29, 0.717) is 32.5 Å². The van der Waals surface area contributed by atoms with Crippen LogP contribution in [0.5, 0.6) is 0 Å². The van der Waals surface area contributed by atoms with Crippen molar-refractivity contribution in [2.45, 2.75) is 32.2 Å². The van der Waals surface area contributed by atoms with Crippen LogP contribution in [0.2, 0.25) is 0 Å². The molecule has 0 bridgehead atoms. The van der Waals surface area contributed by atoms with Crippen molar-refractivity contribution in [3.05, 3.63) is 0 Å². The Hall–Kier alpha value is -0.200. The Balaban J connectivity index is 2.07. The lowest BCUT2D eigenvalue weighted by molar-refractivity contribution is 0.00873. The van der Waals surface area contributed by atoms with E-state index in [-0.39, 0.29) is 0 Å². The predicted molar refractivity (Wildman–Crippen MR) is 80.9 cm³/mol. The molecule has 2 atom stereocenters. The number of hydrogen-bond acceptors (Lipinski definition) is 5. The second-order valence-electron chi connectivity index (χ2n) is 5.37. The van der Waals surface area contributed by atoms with Crippen molar-refractivity contribution >= 4 is 0 Å². The Morgan fingerprint density at radius 1 is 1.10 bits per heavy atom. The van der Waals surface area contributed by atoms with E-state index in [1.807, 2.05) is 0 Å². The van der Waals surface area contributed by atoms with Gasteiger partial charge < -0.3 is 19.9 Å². The van der Waals surface area contributed by atoms with Gasteiger partial charge in [-0.25, -0.2) is 0 Å². The third-order valence-corrected chi connectivity index (χ3v) is 4.13. The van der Waals surface area contributed by atoms with Gasteiger partial charge in [-0.3, -0.25) is 4.90 Å². The molecule has 5 nitrogen and oxygen atoms in total. The van der Waals surface area contributed by atoms with Gasteiger partial charge in [-0.15, -0.1) is 0 Å². The van der Waals surface area contributed by atoms with Crippen molar-refractivity contribution in [2.24, 2.45) is 11.7 Å². The van der Waals surface area contributed by atoms with E-state index in [0.717, 1.165) is 32.2 Å². The van der Waals surface area contributed by atoms with Crippen LogP contribution >= 0.6 is 0 Å². The summed E-state index contributed by atoms with van der Waals surface area (Å²) in [5, 5.41) is 0. The molecule has 1 aliphatic rings. The standard InChI is InChI=1S/C15H32N2O3/c1-3-14-5-4-6-17(15(14)13-16)7-8-19-11-12-20-10-9-18-2/h14-15H,3-13,16H2,1-2H3. The van der Waals surface area contributed by atoms with E-state index >= 15 is 0 Å². The van der Waals surface area contributed by atoms with Gasteiger partial charge in [-0.05, 0) is 25.3 Å². The minimum atomic E-state index is 0.537. The van der Waals surface area contributed by atoms with Crippen molar-refractivity contribution in [3.63, 3.8) is 0 Å². The van der Waals surface area contributed by atoms with Crippen molar-refractivity contribution < 1.29 is 14.2 Å². The van der Waals surface area contributed by atoms with Gasteiger partial charge in [0.15, 0.2) is 0 Å². The van der Waals surface area contributed by atoms with Crippen molar-refractivity contribution in [1.82, 2.24) is 4.90 Å². The SMILES string of the molecule is CCC1CCCN(CCOCCOCCOC)C1CN. The molecule has 1 saturated heterocycles. The Kier molecular flexibility index (Phi) is 10.2. The number of rotatable bonds is 11. The number of nitrogens with zero attached hydrogens (tertiary/aromatic N) is 1. The van der Waals surface area contributed by atoms with Crippen LogP contribution < -0.4 is 5.73 Å². The Morgan fingerprint density at radius 2 is 1.80 bits per heavy atom. The molecule has 2 N–H and O–H groups in total. The molecular formula is C15H32N2O3. The quantitative estimate of drug-likeness (QED) is 0.577. The molecule has 20 heavy (non-hydrogen) atoms. The van der Waals surface area contributed by atoms with Crippen LogP contribution in [-0.4, -0.2) is 70.7 Å². The minimum Gasteiger partial charge on any atom is -0.382 e. The van der Waals surface area contributed by atoms with E-state index < -0.39 is 0 Å². The molecule has 1 fully saturated rings. The van der Waals surface area contributed by atoms with Gasteiger partial charge in [0.25, 0.3) is 0 Å². The molecule has 0 radical (unpaired) electrons. The lowest BCUT2D eigenvalue weighted by atomic mass is 9.87. The molecule has 0 amide bonds. The monoisotopic (exact) mass is 288 g/mol. The molecule has 0 spiro atoms. The maximum Gasteiger partial charge on any atom is 0.0701 e. The fourth-order valence-corrected chi connectivity index (χ4v) is 2.95. The highest BCUT2D eigenvalue weighted by molar-refractivity contribution is 4.84. The first kappa shape index (κ1) is 17.9. The molecule has 0 aromatic carbocycles. The Labute approximate surface area is 123 Å². The average molecular weight is 288 g/mol. The zero-order chi connectivity index (χ0) is 14.6. The molecular weight excluding hydrogens is 256 g/mol. The summed E-state index contributed by atoms with van der Waals surface area (Å²) in [5.41, 5.74) is 5.94. The lowest BCUT2D eigenvalue weighted by Gasteiger charge is -2.40. The summed E-state index contributed by atoms with van der Waals surface area (Å²) in [4.78, 5) is 2.50. The number of hydrogen-bond donors (Lipinski definition) is 1. The normalized spacial score (nSPS) is 24.1. The Bertz CT molecular complexity index is 229. The van der Waals surface area contributed by atoms with E-state index in [9.17, 15) is 0 Å². The van der Waals surface area contributed by atoms with Crippen molar-refractivity contribution in [1.29, 1.82) is 0 Å². The number of piperidine rings is 1. The highest BCUT2D eigenvalue weighted by atomic mass is 16.5. The number of likely N-dealkylation sites (tertiary alicyclic amines) is 1. The molecule has 0 aromatic rings. The molecule has 0 aliphatic carbocycles. The van der Waals surface area contributed by atoms with Crippen molar-refractivity contribution in [2.75, 3.05) is 59.8 Å². The third kappa shape index (κ3) is 6.50. The van der Waals surface area contributed by atoms with Gasteiger partial charge in [0.1, 0.15) is 0 Å². The minimum absolute atomic E-state index is 0.537. The van der Waals surface area contributed by atoms with E-state index in [2.05, 4.69) is 11.8 Å². The van der Waals surface area contributed by atoms with E-state index in [1.165, 1.54) is 19.3 Å². The van der Waals surface area contributed by atoms with Crippen LogP contribution in [-0.2, 0) is 14.2 Å². The smallest absolute Gasteiger partial charge is 0.0701 e. The highest BCUT2D eigenvalue weighted by Crippen LogP contribution is 2.25. The zero-order valence-corrected chi connectivity index (χ0v) is 13.2. The second-order valence-corrected chi connectivity index (χ2v) is 5.37. The maximum atomic E-state index is 5.94. The predicted octanol–water partition coefficient (Wildman–Crippen LogP) is 1.12. The molecule has 5 heteroatoms. The van der Waals surface area contributed by atoms with Gasteiger partial charge in [-0.1, -0.05) is 13.3 Å². The lowest BCUT2D eigenvalue weighted by Crippen LogP contribution is -2.50. The van der Waals surface area contributed by atoms with Crippen LogP contribution in [0.4, 0.5) is 0 Å². The fourth-order valence-electron chi connectivity index (χ4n) is 2.95. The first-order chi connectivity index (χ1) is 9.83. The summed E-state index contributed by atoms with van der Waals surface area (Å²) in [7, 11) is 1.68. The third-order valence-electron chi connectivity index (χ3n) is 4.13. The molecule has 1 aliphatic heterocycles. The van der Waals surface area contributed by atoms with Crippen molar-refractivity contribution in [3.8, 4) is 0 Å². The number of ether oxygens (including phenoxy) is 3. The molecule has 1 heterocycles. The first-order valence-corrected chi connectivity index (χ1v) is 7.92. The van der Waals surface area contributed by atoms with E-state index in [4.69, 9.17) is 19.9 Å².